The number of pyridine rings is 1. The van der Waals surface area contributed by atoms with E-state index in [0.29, 0.717) is 11.1 Å². The van der Waals surface area contributed by atoms with Crippen molar-refractivity contribution in [3.8, 4) is 0 Å². The predicted octanol–water partition coefficient (Wildman–Crippen LogP) is 3.74. The molecule has 21 heavy (non-hydrogen) atoms. The van der Waals surface area contributed by atoms with Gasteiger partial charge < -0.3 is 5.11 Å². The molecular formula is C12H6BrFN2O4S. The van der Waals surface area contributed by atoms with Crippen molar-refractivity contribution in [2.45, 2.75) is 9.92 Å². The number of aromatic carboxylic acids is 1. The van der Waals surface area contributed by atoms with Gasteiger partial charge in [0.05, 0.1) is 9.82 Å². The Kier molecular flexibility index (Phi) is 4.53. The number of carboxylic acids is 1. The van der Waals surface area contributed by atoms with Gasteiger partial charge >= 0.3 is 5.97 Å². The highest BCUT2D eigenvalue weighted by atomic mass is 79.9. The minimum absolute atomic E-state index is 0.0164. The SMILES string of the molecule is O=C(O)c1cc([N+](=O)[O-])c(Sc2ccc(Br)cn2)cc1F. The average Bonchev–Trinajstić information content (AvgIpc) is 2.40. The van der Waals surface area contributed by atoms with Crippen LogP contribution in [0.4, 0.5) is 10.1 Å². The van der Waals surface area contributed by atoms with Gasteiger partial charge in [0.1, 0.15) is 16.4 Å². The van der Waals surface area contributed by atoms with Crippen LogP contribution in [0.5, 0.6) is 0 Å². The number of hydrogen-bond donors (Lipinski definition) is 1. The molecule has 1 N–H and O–H groups in total. The van der Waals surface area contributed by atoms with E-state index in [1.54, 1.807) is 12.1 Å². The maximum Gasteiger partial charge on any atom is 0.338 e. The third-order valence-corrected chi connectivity index (χ3v) is 3.86. The van der Waals surface area contributed by atoms with E-state index in [1.165, 1.54) is 6.20 Å². The molecule has 0 aliphatic rings. The molecule has 0 fully saturated rings. The van der Waals surface area contributed by atoms with Gasteiger partial charge in [0.15, 0.2) is 0 Å². The molecule has 0 bridgehead atoms. The van der Waals surface area contributed by atoms with Crippen molar-refractivity contribution < 1.29 is 19.2 Å². The number of nitro benzene ring substituents is 1. The summed E-state index contributed by atoms with van der Waals surface area (Å²) in [4.78, 5) is 25.1. The molecule has 108 valence electrons. The van der Waals surface area contributed by atoms with E-state index in [-0.39, 0.29) is 4.90 Å². The molecule has 0 spiro atoms. The number of benzene rings is 1. The Bertz CT molecular complexity index is 724. The quantitative estimate of drug-likeness (QED) is 0.648. The molecule has 0 aliphatic heterocycles. The van der Waals surface area contributed by atoms with Gasteiger partial charge in [-0.3, -0.25) is 10.1 Å². The standard InChI is InChI=1S/C12H6BrFN2O4S/c13-6-1-2-11(15-5-6)21-10-4-8(14)7(12(17)18)3-9(10)16(19)20/h1-5H,(H,17,18). The summed E-state index contributed by atoms with van der Waals surface area (Å²) < 4.78 is 14.4. The van der Waals surface area contributed by atoms with Crippen molar-refractivity contribution >= 4 is 39.3 Å². The van der Waals surface area contributed by atoms with E-state index in [9.17, 15) is 19.3 Å². The van der Waals surface area contributed by atoms with Crippen molar-refractivity contribution in [1.29, 1.82) is 0 Å². The lowest BCUT2D eigenvalue weighted by molar-refractivity contribution is -0.387. The van der Waals surface area contributed by atoms with Crippen molar-refractivity contribution in [2.75, 3.05) is 0 Å². The Morgan fingerprint density at radius 1 is 1.43 bits per heavy atom. The molecule has 0 saturated carbocycles. The number of hydrogen-bond acceptors (Lipinski definition) is 5. The second-order valence-corrected chi connectivity index (χ2v) is 5.76. The van der Waals surface area contributed by atoms with Crippen LogP contribution in [0.25, 0.3) is 0 Å². The predicted molar refractivity (Wildman–Crippen MR) is 76.1 cm³/mol. The summed E-state index contributed by atoms with van der Waals surface area (Å²) >= 11 is 4.08. The molecular weight excluding hydrogens is 367 g/mol. The summed E-state index contributed by atoms with van der Waals surface area (Å²) in [6, 6.07) is 4.82. The Labute approximate surface area is 130 Å². The molecule has 1 aromatic heterocycles. The van der Waals surface area contributed by atoms with Gasteiger partial charge in [-0.1, -0.05) is 11.8 Å². The minimum atomic E-state index is -1.56. The molecule has 6 nitrogen and oxygen atoms in total. The first-order valence-corrected chi connectivity index (χ1v) is 7.00. The van der Waals surface area contributed by atoms with Crippen molar-refractivity contribution in [1.82, 2.24) is 4.98 Å². The number of halogens is 2. The third-order valence-electron chi connectivity index (χ3n) is 2.39. The van der Waals surface area contributed by atoms with Crippen LogP contribution >= 0.6 is 27.7 Å². The van der Waals surface area contributed by atoms with Gasteiger partial charge in [0.2, 0.25) is 0 Å². The van der Waals surface area contributed by atoms with Crippen molar-refractivity contribution in [3.05, 3.63) is 56.4 Å². The number of carbonyl (C=O) groups is 1. The van der Waals surface area contributed by atoms with E-state index >= 15 is 0 Å². The fourth-order valence-electron chi connectivity index (χ4n) is 1.47. The molecule has 0 unspecified atom stereocenters. The highest BCUT2D eigenvalue weighted by Gasteiger charge is 2.22. The molecule has 1 heterocycles. The fourth-order valence-corrected chi connectivity index (χ4v) is 2.57. The third kappa shape index (κ3) is 3.56. The van der Waals surface area contributed by atoms with Crippen LogP contribution in [0.3, 0.4) is 0 Å². The molecule has 0 radical (unpaired) electrons. The molecule has 1 aromatic carbocycles. The molecule has 9 heteroatoms. The number of rotatable bonds is 4. The summed E-state index contributed by atoms with van der Waals surface area (Å²) in [5.74, 6) is -2.60. The Hall–Kier alpha value is -2.00. The van der Waals surface area contributed by atoms with Gasteiger partial charge in [-0.25, -0.2) is 14.2 Å². The van der Waals surface area contributed by atoms with E-state index in [0.717, 1.165) is 22.3 Å². The fraction of sp³-hybridized carbons (Fsp3) is 0. The minimum Gasteiger partial charge on any atom is -0.478 e. The summed E-state index contributed by atoms with van der Waals surface area (Å²) in [6.07, 6.45) is 1.50. The summed E-state index contributed by atoms with van der Waals surface area (Å²) in [5, 5.41) is 20.2. The lowest BCUT2D eigenvalue weighted by Crippen LogP contribution is -2.03. The van der Waals surface area contributed by atoms with Crippen LogP contribution < -0.4 is 0 Å². The summed E-state index contributed by atoms with van der Waals surface area (Å²) in [7, 11) is 0. The smallest absolute Gasteiger partial charge is 0.338 e. The van der Waals surface area contributed by atoms with Gasteiger partial charge in [-0.2, -0.15) is 0 Å². The van der Waals surface area contributed by atoms with Crippen LogP contribution in [0.1, 0.15) is 10.4 Å². The molecule has 0 saturated heterocycles. The first kappa shape index (κ1) is 15.4. The second kappa shape index (κ2) is 6.19. The lowest BCUT2D eigenvalue weighted by Gasteiger charge is -2.05. The van der Waals surface area contributed by atoms with Crippen LogP contribution in [0.15, 0.2) is 44.9 Å². The Morgan fingerprint density at radius 3 is 2.67 bits per heavy atom. The summed E-state index contributed by atoms with van der Waals surface area (Å²) in [5.41, 5.74) is -1.22. The number of nitro groups is 1. The zero-order valence-electron chi connectivity index (χ0n) is 10.1. The van der Waals surface area contributed by atoms with Crippen LogP contribution in [0.2, 0.25) is 0 Å². The Balaban J connectivity index is 2.47. The van der Waals surface area contributed by atoms with Gasteiger partial charge in [-0.15, -0.1) is 0 Å². The van der Waals surface area contributed by atoms with E-state index in [1.807, 2.05) is 0 Å². The average molecular weight is 373 g/mol. The van der Waals surface area contributed by atoms with E-state index < -0.39 is 28.0 Å². The molecule has 2 rings (SSSR count). The topological polar surface area (TPSA) is 93.3 Å². The molecule has 0 atom stereocenters. The largest absolute Gasteiger partial charge is 0.478 e. The van der Waals surface area contributed by atoms with Crippen LogP contribution in [-0.2, 0) is 0 Å². The van der Waals surface area contributed by atoms with Crippen LogP contribution in [-0.4, -0.2) is 21.0 Å². The summed E-state index contributed by atoms with van der Waals surface area (Å²) in [6.45, 7) is 0. The molecule has 0 amide bonds. The number of nitrogens with zero attached hydrogens (tertiary/aromatic N) is 2. The maximum atomic E-state index is 13.7. The molecule has 0 aliphatic carbocycles. The van der Waals surface area contributed by atoms with Gasteiger partial charge in [0.25, 0.3) is 5.69 Å². The highest BCUT2D eigenvalue weighted by Crippen LogP contribution is 2.35. The molecule has 2 aromatic rings. The van der Waals surface area contributed by atoms with Crippen LogP contribution in [0, 0.1) is 15.9 Å². The second-order valence-electron chi connectivity index (χ2n) is 3.78. The van der Waals surface area contributed by atoms with Crippen molar-refractivity contribution in [2.24, 2.45) is 0 Å². The van der Waals surface area contributed by atoms with Gasteiger partial charge in [-0.05, 0) is 34.1 Å². The van der Waals surface area contributed by atoms with E-state index in [2.05, 4.69) is 20.9 Å². The maximum absolute atomic E-state index is 13.7. The number of carboxylic acid groups (broad SMARTS) is 1. The zero-order valence-corrected chi connectivity index (χ0v) is 12.5. The lowest BCUT2D eigenvalue weighted by atomic mass is 10.2. The highest BCUT2D eigenvalue weighted by molar-refractivity contribution is 9.10. The normalized spacial score (nSPS) is 10.4. The zero-order chi connectivity index (χ0) is 15.6. The van der Waals surface area contributed by atoms with Crippen molar-refractivity contribution in [3.63, 3.8) is 0 Å². The first-order valence-electron chi connectivity index (χ1n) is 5.39. The van der Waals surface area contributed by atoms with E-state index in [4.69, 9.17) is 5.11 Å². The van der Waals surface area contributed by atoms with Gasteiger partial charge in [0, 0.05) is 16.7 Å². The first-order chi connectivity index (χ1) is 9.88. The monoisotopic (exact) mass is 372 g/mol. The Morgan fingerprint density at radius 2 is 2.14 bits per heavy atom. The number of aromatic nitrogens is 1.